The molecule has 0 fully saturated rings. The maximum absolute atomic E-state index is 13.4. The number of hydrogen-bond donors (Lipinski definition) is 2. The Labute approximate surface area is 130 Å². The van der Waals surface area contributed by atoms with Gasteiger partial charge >= 0.3 is 5.97 Å². The second kappa shape index (κ2) is 8.97. The molecule has 0 saturated carbocycles. The van der Waals surface area contributed by atoms with Gasteiger partial charge in [-0.2, -0.15) is 0 Å². The molecule has 1 amide bonds. The number of benzene rings is 1. The van der Waals surface area contributed by atoms with Gasteiger partial charge in [-0.15, -0.1) is 0 Å². The van der Waals surface area contributed by atoms with Crippen molar-refractivity contribution in [1.82, 2.24) is 5.32 Å². The van der Waals surface area contributed by atoms with Gasteiger partial charge in [-0.3, -0.25) is 9.59 Å². The Balaban J connectivity index is 2.47. The van der Waals surface area contributed by atoms with Gasteiger partial charge in [0.05, 0.1) is 0 Å². The standard InChI is InChI=1S/C17H22FNO3/c1-3-13(15-11-14(18)8-7-12(15)2)9-10-19-16(20)5-4-6-17(21)22/h3,7-8,11H,4-6,9-10H2,1-2H3,(H,19,20)(H,21,22)/b13-3-. The number of carboxylic acids is 1. The van der Waals surface area contributed by atoms with E-state index in [9.17, 15) is 14.0 Å². The van der Waals surface area contributed by atoms with E-state index in [1.54, 1.807) is 6.07 Å². The highest BCUT2D eigenvalue weighted by Crippen LogP contribution is 2.22. The third-order valence-electron chi connectivity index (χ3n) is 3.41. The number of amides is 1. The van der Waals surface area contributed by atoms with Crippen LogP contribution in [-0.4, -0.2) is 23.5 Å². The van der Waals surface area contributed by atoms with Gasteiger partial charge in [0.2, 0.25) is 5.91 Å². The van der Waals surface area contributed by atoms with Crippen molar-refractivity contribution >= 4 is 17.4 Å². The lowest BCUT2D eigenvalue weighted by atomic mass is 9.97. The molecule has 0 aliphatic carbocycles. The number of rotatable bonds is 8. The molecule has 0 spiro atoms. The minimum atomic E-state index is -0.898. The predicted molar refractivity (Wildman–Crippen MR) is 83.9 cm³/mol. The van der Waals surface area contributed by atoms with Crippen LogP contribution in [0.5, 0.6) is 0 Å². The SMILES string of the molecule is C/C=C(/CCNC(=O)CCCC(=O)O)c1cc(F)ccc1C. The third kappa shape index (κ3) is 6.08. The van der Waals surface area contributed by atoms with Crippen molar-refractivity contribution in [2.75, 3.05) is 6.54 Å². The molecule has 2 N–H and O–H groups in total. The van der Waals surface area contributed by atoms with E-state index < -0.39 is 5.97 Å². The summed E-state index contributed by atoms with van der Waals surface area (Å²) in [5.41, 5.74) is 2.81. The number of carbonyl (C=O) groups excluding carboxylic acids is 1. The number of allylic oxidation sites excluding steroid dienone is 1. The number of aliphatic carboxylic acids is 1. The number of hydrogen-bond acceptors (Lipinski definition) is 2. The van der Waals surface area contributed by atoms with Crippen molar-refractivity contribution in [3.8, 4) is 0 Å². The summed E-state index contributed by atoms with van der Waals surface area (Å²) in [6.45, 7) is 4.25. The molecule has 0 bridgehead atoms. The Bertz CT molecular complexity index is 567. The van der Waals surface area contributed by atoms with Crippen LogP contribution in [0.15, 0.2) is 24.3 Å². The van der Waals surface area contributed by atoms with Crippen LogP contribution in [0.1, 0.15) is 43.7 Å². The number of carboxylic acid groups (broad SMARTS) is 1. The predicted octanol–water partition coefficient (Wildman–Crippen LogP) is 3.30. The summed E-state index contributed by atoms with van der Waals surface area (Å²) in [5, 5.41) is 11.3. The van der Waals surface area contributed by atoms with Gasteiger partial charge in [-0.1, -0.05) is 12.1 Å². The van der Waals surface area contributed by atoms with E-state index in [-0.39, 0.29) is 24.6 Å². The molecule has 22 heavy (non-hydrogen) atoms. The molecule has 5 heteroatoms. The van der Waals surface area contributed by atoms with Gasteiger partial charge in [0, 0.05) is 19.4 Å². The Kier molecular flexibility index (Phi) is 7.29. The Morgan fingerprint density at radius 1 is 1.27 bits per heavy atom. The summed E-state index contributed by atoms with van der Waals surface area (Å²) < 4.78 is 13.4. The average molecular weight is 307 g/mol. The van der Waals surface area contributed by atoms with Crippen LogP contribution < -0.4 is 5.32 Å². The third-order valence-corrected chi connectivity index (χ3v) is 3.41. The molecule has 1 aromatic rings. The number of aryl methyl sites for hydroxylation is 1. The zero-order valence-electron chi connectivity index (χ0n) is 13.0. The van der Waals surface area contributed by atoms with Gasteiger partial charge in [0.15, 0.2) is 0 Å². The molecule has 120 valence electrons. The molecule has 0 aliphatic heterocycles. The molecule has 0 saturated heterocycles. The molecule has 0 aliphatic rings. The molecule has 0 aromatic heterocycles. The average Bonchev–Trinajstić information content (AvgIpc) is 2.46. The molecule has 0 radical (unpaired) electrons. The minimum Gasteiger partial charge on any atom is -0.481 e. The first-order chi connectivity index (χ1) is 10.4. The van der Waals surface area contributed by atoms with Crippen molar-refractivity contribution in [2.45, 2.75) is 39.5 Å². The minimum absolute atomic E-state index is 0.00395. The van der Waals surface area contributed by atoms with Crippen LogP contribution in [0.4, 0.5) is 4.39 Å². The summed E-state index contributed by atoms with van der Waals surface area (Å²) in [5.74, 6) is -1.34. The van der Waals surface area contributed by atoms with E-state index in [2.05, 4.69) is 5.32 Å². The summed E-state index contributed by atoms with van der Waals surface area (Å²) >= 11 is 0. The monoisotopic (exact) mass is 307 g/mol. The van der Waals surface area contributed by atoms with Crippen LogP contribution in [0.25, 0.3) is 5.57 Å². The van der Waals surface area contributed by atoms with E-state index in [1.165, 1.54) is 12.1 Å². The number of carbonyl (C=O) groups is 2. The van der Waals surface area contributed by atoms with Gasteiger partial charge in [0.1, 0.15) is 5.82 Å². The van der Waals surface area contributed by atoms with Crippen molar-refractivity contribution in [1.29, 1.82) is 0 Å². The molecule has 4 nitrogen and oxygen atoms in total. The Hall–Kier alpha value is -2.17. The summed E-state index contributed by atoms with van der Waals surface area (Å²) in [4.78, 5) is 21.9. The zero-order valence-corrected chi connectivity index (χ0v) is 13.0. The normalized spacial score (nSPS) is 11.3. The van der Waals surface area contributed by atoms with E-state index in [0.717, 1.165) is 16.7 Å². The van der Waals surface area contributed by atoms with Crippen LogP contribution in [0.2, 0.25) is 0 Å². The molecular formula is C17H22FNO3. The first kappa shape index (κ1) is 17.9. The molecular weight excluding hydrogens is 285 g/mol. The van der Waals surface area contributed by atoms with Crippen molar-refractivity contribution in [3.63, 3.8) is 0 Å². The van der Waals surface area contributed by atoms with Gasteiger partial charge in [-0.25, -0.2) is 4.39 Å². The zero-order chi connectivity index (χ0) is 16.5. The lowest BCUT2D eigenvalue weighted by Crippen LogP contribution is -2.24. The number of nitrogens with one attached hydrogen (secondary N) is 1. The van der Waals surface area contributed by atoms with Crippen molar-refractivity contribution in [2.24, 2.45) is 0 Å². The highest BCUT2D eigenvalue weighted by Gasteiger charge is 2.08. The van der Waals surface area contributed by atoms with Gasteiger partial charge in [-0.05, 0) is 55.5 Å². The fourth-order valence-electron chi connectivity index (χ4n) is 2.20. The topological polar surface area (TPSA) is 66.4 Å². The highest BCUT2D eigenvalue weighted by atomic mass is 19.1. The second-order valence-electron chi connectivity index (χ2n) is 5.12. The molecule has 0 unspecified atom stereocenters. The van der Waals surface area contributed by atoms with E-state index in [1.807, 2.05) is 19.9 Å². The first-order valence-electron chi connectivity index (χ1n) is 7.34. The number of halogens is 1. The van der Waals surface area contributed by atoms with Crippen LogP contribution >= 0.6 is 0 Å². The van der Waals surface area contributed by atoms with Crippen LogP contribution in [-0.2, 0) is 9.59 Å². The quantitative estimate of drug-likeness (QED) is 0.774. The van der Waals surface area contributed by atoms with Crippen molar-refractivity contribution < 1.29 is 19.1 Å². The van der Waals surface area contributed by atoms with Crippen LogP contribution in [0.3, 0.4) is 0 Å². The molecule has 1 rings (SSSR count). The largest absolute Gasteiger partial charge is 0.481 e. The van der Waals surface area contributed by atoms with E-state index in [0.29, 0.717) is 19.4 Å². The summed E-state index contributed by atoms with van der Waals surface area (Å²) in [7, 11) is 0. The fourth-order valence-corrected chi connectivity index (χ4v) is 2.20. The fraction of sp³-hybridized carbons (Fsp3) is 0.412. The second-order valence-corrected chi connectivity index (χ2v) is 5.12. The highest BCUT2D eigenvalue weighted by molar-refractivity contribution is 5.77. The maximum atomic E-state index is 13.4. The van der Waals surface area contributed by atoms with Gasteiger partial charge < -0.3 is 10.4 Å². The molecule has 1 aromatic carbocycles. The lowest BCUT2D eigenvalue weighted by molar-refractivity contribution is -0.137. The van der Waals surface area contributed by atoms with Crippen molar-refractivity contribution in [3.05, 3.63) is 41.2 Å². The summed E-state index contributed by atoms with van der Waals surface area (Å²) in [6.07, 6.45) is 3.05. The smallest absolute Gasteiger partial charge is 0.303 e. The molecule has 0 atom stereocenters. The maximum Gasteiger partial charge on any atom is 0.303 e. The van der Waals surface area contributed by atoms with Crippen LogP contribution in [0, 0.1) is 12.7 Å². The molecule has 0 heterocycles. The first-order valence-corrected chi connectivity index (χ1v) is 7.34. The van der Waals surface area contributed by atoms with E-state index >= 15 is 0 Å². The van der Waals surface area contributed by atoms with E-state index in [4.69, 9.17) is 5.11 Å². The summed E-state index contributed by atoms with van der Waals surface area (Å²) in [6, 6.07) is 4.66. The lowest BCUT2D eigenvalue weighted by Gasteiger charge is -2.11. The Morgan fingerprint density at radius 3 is 2.64 bits per heavy atom. The Morgan fingerprint density at radius 2 is 2.00 bits per heavy atom. The van der Waals surface area contributed by atoms with Gasteiger partial charge in [0.25, 0.3) is 0 Å².